The molecular weight excluding hydrogens is 232 g/mol. The van der Waals surface area contributed by atoms with Gasteiger partial charge in [-0.2, -0.15) is 5.10 Å². The van der Waals surface area contributed by atoms with Crippen LogP contribution in [0, 0.1) is 17.0 Å². The summed E-state index contributed by atoms with van der Waals surface area (Å²) >= 11 is 0. The van der Waals surface area contributed by atoms with Crippen LogP contribution in [0.1, 0.15) is 11.3 Å². The molecule has 0 aliphatic rings. The predicted molar refractivity (Wildman–Crippen MR) is 67.7 cm³/mol. The normalized spacial score (nSPS) is 10.6. The van der Waals surface area contributed by atoms with Gasteiger partial charge in [-0.25, -0.2) is 4.68 Å². The van der Waals surface area contributed by atoms with E-state index in [4.69, 9.17) is 0 Å². The molecule has 0 aliphatic carbocycles. The fourth-order valence-corrected chi connectivity index (χ4v) is 1.80. The lowest BCUT2D eigenvalue weighted by Gasteiger charge is -2.01. The summed E-state index contributed by atoms with van der Waals surface area (Å²) in [5.74, 6) is 0. The summed E-state index contributed by atoms with van der Waals surface area (Å²) < 4.78 is 1.56. The highest BCUT2D eigenvalue weighted by Gasteiger charge is 2.16. The Kier molecular flexibility index (Phi) is 3.38. The van der Waals surface area contributed by atoms with Gasteiger partial charge in [0, 0.05) is 24.4 Å². The molecule has 0 radical (unpaired) electrons. The minimum absolute atomic E-state index is 0.0519. The second kappa shape index (κ2) is 4.97. The number of hydrogen-bond donors (Lipinski definition) is 1. The molecule has 0 saturated heterocycles. The van der Waals surface area contributed by atoms with E-state index >= 15 is 0 Å². The number of nitrogens with one attached hydrogen (secondary N) is 1. The van der Waals surface area contributed by atoms with Crippen molar-refractivity contribution in [1.82, 2.24) is 15.1 Å². The fourth-order valence-electron chi connectivity index (χ4n) is 1.80. The smallest absolute Gasteiger partial charge is 0.294 e. The average molecular weight is 246 g/mol. The zero-order chi connectivity index (χ0) is 13.1. The van der Waals surface area contributed by atoms with Crippen LogP contribution in [0.25, 0.3) is 5.69 Å². The molecule has 0 atom stereocenters. The standard InChI is InChI=1S/C12H14N4O2/c1-9-10(7-13-2)8-15(14-9)11-5-3-4-6-12(11)16(17)18/h3-6,8,13H,7H2,1-2H3. The van der Waals surface area contributed by atoms with Crippen molar-refractivity contribution in [2.75, 3.05) is 7.05 Å². The quantitative estimate of drug-likeness (QED) is 0.659. The highest BCUT2D eigenvalue weighted by atomic mass is 16.6. The summed E-state index contributed by atoms with van der Waals surface area (Å²) in [5, 5.41) is 18.3. The number of nitro groups is 1. The van der Waals surface area contributed by atoms with Crippen molar-refractivity contribution in [1.29, 1.82) is 0 Å². The van der Waals surface area contributed by atoms with Crippen LogP contribution in [0.4, 0.5) is 5.69 Å². The van der Waals surface area contributed by atoms with Crippen molar-refractivity contribution in [2.45, 2.75) is 13.5 Å². The maximum atomic E-state index is 11.0. The molecule has 0 spiro atoms. The number of para-hydroxylation sites is 2. The van der Waals surface area contributed by atoms with Crippen molar-refractivity contribution < 1.29 is 4.92 Å². The third-order valence-electron chi connectivity index (χ3n) is 2.69. The number of rotatable bonds is 4. The van der Waals surface area contributed by atoms with E-state index in [1.807, 2.05) is 20.2 Å². The Bertz CT molecular complexity index is 577. The van der Waals surface area contributed by atoms with Crippen LogP contribution < -0.4 is 5.32 Å². The van der Waals surface area contributed by atoms with Gasteiger partial charge < -0.3 is 5.32 Å². The Labute approximate surface area is 104 Å². The minimum atomic E-state index is -0.399. The second-order valence-electron chi connectivity index (χ2n) is 3.96. The van der Waals surface area contributed by atoms with Gasteiger partial charge in [0.25, 0.3) is 5.69 Å². The lowest BCUT2D eigenvalue weighted by molar-refractivity contribution is -0.384. The topological polar surface area (TPSA) is 73.0 Å². The molecule has 1 aromatic heterocycles. The minimum Gasteiger partial charge on any atom is -0.316 e. The molecule has 2 rings (SSSR count). The van der Waals surface area contributed by atoms with Crippen LogP contribution >= 0.6 is 0 Å². The molecule has 94 valence electrons. The first kappa shape index (κ1) is 12.3. The monoisotopic (exact) mass is 246 g/mol. The number of nitrogens with zero attached hydrogens (tertiary/aromatic N) is 3. The fraction of sp³-hybridized carbons (Fsp3) is 0.250. The van der Waals surface area contributed by atoms with E-state index in [9.17, 15) is 10.1 Å². The maximum absolute atomic E-state index is 11.0. The van der Waals surface area contributed by atoms with Gasteiger partial charge in [-0.15, -0.1) is 0 Å². The third-order valence-corrected chi connectivity index (χ3v) is 2.69. The second-order valence-corrected chi connectivity index (χ2v) is 3.96. The van der Waals surface area contributed by atoms with Crippen molar-refractivity contribution in [3.63, 3.8) is 0 Å². The van der Waals surface area contributed by atoms with E-state index in [0.717, 1.165) is 11.3 Å². The largest absolute Gasteiger partial charge is 0.316 e. The number of aromatic nitrogens is 2. The molecule has 1 N–H and O–H groups in total. The molecule has 0 amide bonds. The predicted octanol–water partition coefficient (Wildman–Crippen LogP) is 1.81. The van der Waals surface area contributed by atoms with Crippen molar-refractivity contribution in [3.8, 4) is 5.69 Å². The highest BCUT2D eigenvalue weighted by Crippen LogP contribution is 2.22. The molecule has 2 aromatic rings. The van der Waals surface area contributed by atoms with Crippen molar-refractivity contribution in [3.05, 3.63) is 51.8 Å². The molecular formula is C12H14N4O2. The van der Waals surface area contributed by atoms with Gasteiger partial charge in [-0.05, 0) is 20.0 Å². The third kappa shape index (κ3) is 2.23. The zero-order valence-corrected chi connectivity index (χ0v) is 10.3. The van der Waals surface area contributed by atoms with E-state index in [-0.39, 0.29) is 5.69 Å². The Morgan fingerprint density at radius 2 is 2.17 bits per heavy atom. The maximum Gasteiger partial charge on any atom is 0.294 e. The number of hydrogen-bond acceptors (Lipinski definition) is 4. The lowest BCUT2D eigenvalue weighted by atomic mass is 10.2. The van der Waals surface area contributed by atoms with Crippen LogP contribution in [-0.2, 0) is 6.54 Å². The summed E-state index contributed by atoms with van der Waals surface area (Å²) in [6.45, 7) is 2.57. The first-order valence-corrected chi connectivity index (χ1v) is 5.57. The van der Waals surface area contributed by atoms with E-state index in [1.165, 1.54) is 6.07 Å². The molecule has 1 aromatic carbocycles. The van der Waals surface area contributed by atoms with Gasteiger partial charge in [0.15, 0.2) is 0 Å². The van der Waals surface area contributed by atoms with E-state index in [2.05, 4.69) is 10.4 Å². The molecule has 18 heavy (non-hydrogen) atoms. The number of aryl methyl sites for hydroxylation is 1. The van der Waals surface area contributed by atoms with Crippen molar-refractivity contribution in [2.24, 2.45) is 0 Å². The van der Waals surface area contributed by atoms with Crippen LogP contribution in [-0.4, -0.2) is 21.8 Å². The van der Waals surface area contributed by atoms with Gasteiger partial charge in [0.2, 0.25) is 0 Å². The first-order chi connectivity index (χ1) is 8.63. The van der Waals surface area contributed by atoms with Gasteiger partial charge in [0.05, 0.1) is 10.6 Å². The Morgan fingerprint density at radius 3 is 2.83 bits per heavy atom. The molecule has 0 aliphatic heterocycles. The van der Waals surface area contributed by atoms with Crippen LogP contribution in [0.5, 0.6) is 0 Å². The molecule has 6 nitrogen and oxygen atoms in total. The number of benzene rings is 1. The molecule has 0 fully saturated rings. The van der Waals surface area contributed by atoms with E-state index in [0.29, 0.717) is 12.2 Å². The van der Waals surface area contributed by atoms with Crippen LogP contribution in [0.15, 0.2) is 30.5 Å². The van der Waals surface area contributed by atoms with Gasteiger partial charge in [0.1, 0.15) is 5.69 Å². The lowest BCUT2D eigenvalue weighted by Crippen LogP contribution is -2.05. The summed E-state index contributed by atoms with van der Waals surface area (Å²) in [4.78, 5) is 10.6. The molecule has 0 unspecified atom stereocenters. The summed E-state index contributed by atoms with van der Waals surface area (Å²) in [6, 6.07) is 6.57. The molecule has 1 heterocycles. The SMILES string of the molecule is CNCc1cn(-c2ccccc2[N+](=O)[O-])nc1C. The molecule has 6 heteroatoms. The Balaban J connectivity index is 2.49. The van der Waals surface area contributed by atoms with E-state index < -0.39 is 4.92 Å². The summed E-state index contributed by atoms with van der Waals surface area (Å²) in [7, 11) is 1.85. The Morgan fingerprint density at radius 1 is 1.44 bits per heavy atom. The van der Waals surface area contributed by atoms with Crippen molar-refractivity contribution >= 4 is 5.69 Å². The Hall–Kier alpha value is -2.21. The summed E-state index contributed by atoms with van der Waals surface area (Å²) in [6.07, 6.45) is 1.81. The van der Waals surface area contributed by atoms with Gasteiger partial charge in [-0.3, -0.25) is 10.1 Å². The summed E-state index contributed by atoms with van der Waals surface area (Å²) in [5.41, 5.74) is 2.42. The highest BCUT2D eigenvalue weighted by molar-refractivity contribution is 5.51. The number of nitro benzene ring substituents is 1. The van der Waals surface area contributed by atoms with Gasteiger partial charge in [-0.1, -0.05) is 12.1 Å². The van der Waals surface area contributed by atoms with Gasteiger partial charge >= 0.3 is 0 Å². The molecule has 0 bridgehead atoms. The average Bonchev–Trinajstić information content (AvgIpc) is 2.71. The van der Waals surface area contributed by atoms with Crippen LogP contribution in [0.2, 0.25) is 0 Å². The van der Waals surface area contributed by atoms with Crippen LogP contribution in [0.3, 0.4) is 0 Å². The molecule has 0 saturated carbocycles. The zero-order valence-electron chi connectivity index (χ0n) is 10.3. The first-order valence-electron chi connectivity index (χ1n) is 5.57. The van der Waals surface area contributed by atoms with E-state index in [1.54, 1.807) is 22.9 Å².